The van der Waals surface area contributed by atoms with Crippen molar-refractivity contribution in [3.63, 3.8) is 0 Å². The summed E-state index contributed by atoms with van der Waals surface area (Å²) in [7, 11) is 0. The Labute approximate surface area is 145 Å². The second-order valence-corrected chi connectivity index (χ2v) is 6.20. The third-order valence-corrected chi connectivity index (χ3v) is 4.63. The molecule has 1 atom stereocenters. The Hall–Kier alpha value is -1.88. The van der Waals surface area contributed by atoms with E-state index in [1.54, 1.807) is 29.2 Å². The van der Waals surface area contributed by atoms with Gasteiger partial charge in [0.1, 0.15) is 0 Å². The van der Waals surface area contributed by atoms with Gasteiger partial charge in [0.15, 0.2) is 0 Å². The molecule has 1 saturated heterocycles. The molecule has 1 aliphatic heterocycles. The van der Waals surface area contributed by atoms with Gasteiger partial charge in [-0.2, -0.15) is 0 Å². The SMILES string of the molecule is CCCN(C(=O)c1ccc(C(=O)N(CC)CC)cc1)C1CCNC1. The van der Waals surface area contributed by atoms with E-state index in [0.29, 0.717) is 24.2 Å². The molecule has 2 rings (SSSR count). The summed E-state index contributed by atoms with van der Waals surface area (Å²) in [5.41, 5.74) is 1.30. The van der Waals surface area contributed by atoms with E-state index in [4.69, 9.17) is 0 Å². The molecule has 0 radical (unpaired) electrons. The van der Waals surface area contributed by atoms with Crippen molar-refractivity contribution in [2.75, 3.05) is 32.7 Å². The summed E-state index contributed by atoms with van der Waals surface area (Å²) in [5.74, 6) is 0.0804. The highest BCUT2D eigenvalue weighted by Crippen LogP contribution is 2.15. The molecule has 0 aromatic heterocycles. The van der Waals surface area contributed by atoms with Crippen molar-refractivity contribution in [1.82, 2.24) is 15.1 Å². The number of nitrogens with one attached hydrogen (secondary N) is 1. The molecule has 0 spiro atoms. The Balaban J connectivity index is 2.13. The van der Waals surface area contributed by atoms with Crippen LogP contribution in [0.4, 0.5) is 0 Å². The third kappa shape index (κ3) is 4.15. The summed E-state index contributed by atoms with van der Waals surface area (Å²) in [6.07, 6.45) is 1.95. The number of nitrogens with zero attached hydrogens (tertiary/aromatic N) is 2. The highest BCUT2D eigenvalue weighted by molar-refractivity contribution is 5.98. The van der Waals surface area contributed by atoms with Gasteiger partial charge in [0, 0.05) is 43.3 Å². The highest BCUT2D eigenvalue weighted by Gasteiger charge is 2.26. The van der Waals surface area contributed by atoms with Crippen LogP contribution in [0.5, 0.6) is 0 Å². The third-order valence-electron chi connectivity index (χ3n) is 4.63. The van der Waals surface area contributed by atoms with Gasteiger partial charge in [0.2, 0.25) is 0 Å². The normalized spacial score (nSPS) is 16.9. The quantitative estimate of drug-likeness (QED) is 0.835. The maximum Gasteiger partial charge on any atom is 0.254 e. The number of rotatable bonds is 7. The monoisotopic (exact) mass is 331 g/mol. The summed E-state index contributed by atoms with van der Waals surface area (Å²) in [6.45, 7) is 10.0. The molecule has 1 heterocycles. The first-order chi connectivity index (χ1) is 11.6. The van der Waals surface area contributed by atoms with Gasteiger partial charge in [-0.15, -0.1) is 0 Å². The Morgan fingerprint density at radius 1 is 1.04 bits per heavy atom. The molecule has 132 valence electrons. The predicted octanol–water partition coefficient (Wildman–Crippen LogP) is 2.38. The van der Waals surface area contributed by atoms with Gasteiger partial charge in [0.05, 0.1) is 0 Å². The molecule has 1 N–H and O–H groups in total. The standard InChI is InChI=1S/C19H29N3O2/c1-4-13-22(17-11-12-20-14-17)19(24)16-9-7-15(8-10-16)18(23)21(5-2)6-3/h7-10,17,20H,4-6,11-14H2,1-3H3. The summed E-state index contributed by atoms with van der Waals surface area (Å²) in [4.78, 5) is 29.0. The van der Waals surface area contributed by atoms with Gasteiger partial charge in [-0.25, -0.2) is 0 Å². The number of hydrogen-bond acceptors (Lipinski definition) is 3. The molecule has 2 amide bonds. The fourth-order valence-electron chi connectivity index (χ4n) is 3.21. The minimum atomic E-state index is 0.0180. The molecule has 1 unspecified atom stereocenters. The first-order valence-corrected chi connectivity index (χ1v) is 9.03. The Bertz CT molecular complexity index is 546. The lowest BCUT2D eigenvalue weighted by Gasteiger charge is -2.28. The Morgan fingerprint density at radius 2 is 1.62 bits per heavy atom. The molecule has 0 aliphatic carbocycles. The second-order valence-electron chi connectivity index (χ2n) is 6.20. The van der Waals surface area contributed by atoms with Gasteiger partial charge in [0.25, 0.3) is 11.8 Å². The number of hydrogen-bond donors (Lipinski definition) is 1. The minimum Gasteiger partial charge on any atom is -0.339 e. The van der Waals surface area contributed by atoms with Crippen LogP contribution in [0, 0.1) is 0 Å². The van der Waals surface area contributed by atoms with Gasteiger partial charge in [-0.1, -0.05) is 6.92 Å². The number of carbonyl (C=O) groups is 2. The summed E-state index contributed by atoms with van der Waals surface area (Å²) in [5, 5.41) is 3.32. The van der Waals surface area contributed by atoms with Crippen molar-refractivity contribution in [2.45, 2.75) is 39.7 Å². The van der Waals surface area contributed by atoms with Gasteiger partial charge in [-0.05, 0) is 57.5 Å². The van der Waals surface area contributed by atoms with Gasteiger partial charge in [-0.3, -0.25) is 9.59 Å². The lowest BCUT2D eigenvalue weighted by Crippen LogP contribution is -2.42. The van der Waals surface area contributed by atoms with Crippen LogP contribution < -0.4 is 5.32 Å². The second kappa shape index (κ2) is 8.83. The van der Waals surface area contributed by atoms with E-state index in [1.807, 2.05) is 18.7 Å². The highest BCUT2D eigenvalue weighted by atomic mass is 16.2. The molecule has 5 nitrogen and oxygen atoms in total. The van der Waals surface area contributed by atoms with Crippen molar-refractivity contribution >= 4 is 11.8 Å². The average molecular weight is 331 g/mol. The fraction of sp³-hybridized carbons (Fsp3) is 0.579. The molecule has 0 saturated carbocycles. The van der Waals surface area contributed by atoms with Crippen molar-refractivity contribution in [3.8, 4) is 0 Å². The maximum atomic E-state index is 12.9. The molecule has 1 aromatic carbocycles. The lowest BCUT2D eigenvalue weighted by atomic mass is 10.1. The van der Waals surface area contributed by atoms with E-state index in [2.05, 4.69) is 12.2 Å². The summed E-state index contributed by atoms with van der Waals surface area (Å²) >= 11 is 0. The summed E-state index contributed by atoms with van der Waals surface area (Å²) < 4.78 is 0. The number of benzene rings is 1. The summed E-state index contributed by atoms with van der Waals surface area (Å²) in [6, 6.07) is 7.37. The fourth-order valence-corrected chi connectivity index (χ4v) is 3.21. The van der Waals surface area contributed by atoms with Crippen LogP contribution in [0.3, 0.4) is 0 Å². The maximum absolute atomic E-state index is 12.9. The van der Waals surface area contributed by atoms with Crippen LogP contribution in [0.2, 0.25) is 0 Å². The predicted molar refractivity (Wildman–Crippen MR) is 96.3 cm³/mol. The number of amides is 2. The molecular weight excluding hydrogens is 302 g/mol. The first kappa shape index (κ1) is 18.5. The van der Waals surface area contributed by atoms with E-state index < -0.39 is 0 Å². The van der Waals surface area contributed by atoms with Crippen molar-refractivity contribution in [1.29, 1.82) is 0 Å². The van der Waals surface area contributed by atoms with E-state index in [9.17, 15) is 9.59 Å². The van der Waals surface area contributed by atoms with Crippen LogP contribution in [-0.2, 0) is 0 Å². The molecular formula is C19H29N3O2. The van der Waals surface area contributed by atoms with E-state index >= 15 is 0 Å². The van der Waals surface area contributed by atoms with Crippen molar-refractivity contribution in [2.24, 2.45) is 0 Å². The van der Waals surface area contributed by atoms with E-state index in [1.165, 1.54) is 0 Å². The van der Waals surface area contributed by atoms with E-state index in [-0.39, 0.29) is 17.9 Å². The minimum absolute atomic E-state index is 0.0180. The van der Waals surface area contributed by atoms with Crippen LogP contribution in [0.1, 0.15) is 54.3 Å². The van der Waals surface area contributed by atoms with Gasteiger partial charge >= 0.3 is 0 Å². The Morgan fingerprint density at radius 3 is 2.08 bits per heavy atom. The van der Waals surface area contributed by atoms with Crippen LogP contribution >= 0.6 is 0 Å². The largest absolute Gasteiger partial charge is 0.339 e. The van der Waals surface area contributed by atoms with Crippen LogP contribution in [0.15, 0.2) is 24.3 Å². The smallest absolute Gasteiger partial charge is 0.254 e. The molecule has 5 heteroatoms. The first-order valence-electron chi connectivity index (χ1n) is 9.03. The zero-order valence-corrected chi connectivity index (χ0v) is 15.0. The van der Waals surface area contributed by atoms with Gasteiger partial charge < -0.3 is 15.1 Å². The Kier molecular flexibility index (Phi) is 6.79. The lowest BCUT2D eigenvalue weighted by molar-refractivity contribution is 0.0690. The van der Waals surface area contributed by atoms with E-state index in [0.717, 1.165) is 32.5 Å². The van der Waals surface area contributed by atoms with Crippen molar-refractivity contribution < 1.29 is 9.59 Å². The zero-order chi connectivity index (χ0) is 17.5. The average Bonchev–Trinajstić information content (AvgIpc) is 3.14. The van der Waals surface area contributed by atoms with Crippen LogP contribution in [-0.4, -0.2) is 60.4 Å². The molecule has 24 heavy (non-hydrogen) atoms. The molecule has 1 aliphatic rings. The van der Waals surface area contributed by atoms with Crippen LogP contribution in [0.25, 0.3) is 0 Å². The topological polar surface area (TPSA) is 52.7 Å². The molecule has 1 fully saturated rings. The molecule has 0 bridgehead atoms. The number of carbonyl (C=O) groups excluding carboxylic acids is 2. The zero-order valence-electron chi connectivity index (χ0n) is 15.0. The van der Waals surface area contributed by atoms with Crippen molar-refractivity contribution in [3.05, 3.63) is 35.4 Å². The molecule has 1 aromatic rings.